The molecule has 3 nitrogen and oxygen atoms in total. The molecule has 1 saturated heterocycles. The lowest BCUT2D eigenvalue weighted by atomic mass is 9.63. The fourth-order valence-electron chi connectivity index (χ4n) is 3.28. The van der Waals surface area contributed by atoms with Crippen LogP contribution in [-0.4, -0.2) is 37.0 Å². The second-order valence-electron chi connectivity index (χ2n) is 5.84. The van der Waals surface area contributed by atoms with Gasteiger partial charge in [0, 0.05) is 24.1 Å². The van der Waals surface area contributed by atoms with Crippen molar-refractivity contribution in [2.24, 2.45) is 0 Å². The minimum atomic E-state index is -0.245. The van der Waals surface area contributed by atoms with E-state index in [0.717, 1.165) is 56.3 Å². The Labute approximate surface area is 128 Å². The van der Waals surface area contributed by atoms with Crippen molar-refractivity contribution in [1.82, 2.24) is 10.2 Å². The van der Waals surface area contributed by atoms with Crippen LogP contribution in [0.25, 0.3) is 0 Å². The monoisotopic (exact) mass is 336 g/mol. The van der Waals surface area contributed by atoms with Gasteiger partial charge >= 0.3 is 0 Å². The van der Waals surface area contributed by atoms with Crippen LogP contribution in [0.5, 0.6) is 0 Å². The lowest BCUT2D eigenvalue weighted by Gasteiger charge is -2.44. The fourth-order valence-corrected chi connectivity index (χ4v) is 3.54. The van der Waals surface area contributed by atoms with Crippen molar-refractivity contribution in [2.75, 3.05) is 26.2 Å². The first-order valence-electron chi connectivity index (χ1n) is 7.48. The summed E-state index contributed by atoms with van der Waals surface area (Å²) in [7, 11) is 0. The molecule has 20 heavy (non-hydrogen) atoms. The van der Waals surface area contributed by atoms with Gasteiger partial charge in [0.2, 0.25) is 5.91 Å². The van der Waals surface area contributed by atoms with Crippen molar-refractivity contribution in [3.63, 3.8) is 0 Å². The lowest BCUT2D eigenvalue weighted by molar-refractivity contribution is -0.140. The van der Waals surface area contributed by atoms with E-state index in [1.54, 1.807) is 0 Å². The maximum atomic E-state index is 13.0. The average molecular weight is 337 g/mol. The van der Waals surface area contributed by atoms with Gasteiger partial charge in [-0.1, -0.05) is 34.5 Å². The highest BCUT2D eigenvalue weighted by Crippen LogP contribution is 2.45. The number of nitrogens with zero attached hydrogens (tertiary/aromatic N) is 1. The number of rotatable bonds is 2. The standard InChI is InChI=1S/C16H21BrN2O/c17-14-5-3-13(4-6-14)16(7-1-8-16)15(20)19-11-2-9-18-10-12-19/h3-6,18H,1-2,7-12H2. The Bertz CT molecular complexity index is 474. The minimum Gasteiger partial charge on any atom is -0.341 e. The Morgan fingerprint density at radius 2 is 1.85 bits per heavy atom. The summed E-state index contributed by atoms with van der Waals surface area (Å²) < 4.78 is 1.07. The maximum Gasteiger partial charge on any atom is 0.233 e. The zero-order valence-electron chi connectivity index (χ0n) is 11.7. The van der Waals surface area contributed by atoms with Gasteiger partial charge in [0.15, 0.2) is 0 Å². The third kappa shape index (κ3) is 2.51. The third-order valence-corrected chi connectivity index (χ3v) is 5.17. The Morgan fingerprint density at radius 1 is 1.10 bits per heavy atom. The predicted octanol–water partition coefficient (Wildman–Crippen LogP) is 2.69. The summed E-state index contributed by atoms with van der Waals surface area (Å²) in [6.07, 6.45) is 4.21. The summed E-state index contributed by atoms with van der Waals surface area (Å²) in [4.78, 5) is 15.1. The van der Waals surface area contributed by atoms with Crippen molar-refractivity contribution in [3.8, 4) is 0 Å². The zero-order valence-corrected chi connectivity index (χ0v) is 13.3. The van der Waals surface area contributed by atoms with Crippen LogP contribution in [0.1, 0.15) is 31.2 Å². The van der Waals surface area contributed by atoms with Crippen LogP contribution in [0.4, 0.5) is 0 Å². The Hall–Kier alpha value is -0.870. The van der Waals surface area contributed by atoms with Crippen LogP contribution in [0.2, 0.25) is 0 Å². The van der Waals surface area contributed by atoms with E-state index in [4.69, 9.17) is 0 Å². The van der Waals surface area contributed by atoms with Gasteiger partial charge in [0.25, 0.3) is 0 Å². The fraction of sp³-hybridized carbons (Fsp3) is 0.562. The predicted molar refractivity (Wildman–Crippen MR) is 83.7 cm³/mol. The van der Waals surface area contributed by atoms with Crippen LogP contribution >= 0.6 is 15.9 Å². The van der Waals surface area contributed by atoms with Crippen molar-refractivity contribution in [1.29, 1.82) is 0 Å². The molecule has 0 aromatic heterocycles. The van der Waals surface area contributed by atoms with Gasteiger partial charge in [-0.2, -0.15) is 0 Å². The zero-order chi connectivity index (χ0) is 14.0. The van der Waals surface area contributed by atoms with Gasteiger partial charge in [-0.25, -0.2) is 0 Å². The molecule has 0 radical (unpaired) electrons. The van der Waals surface area contributed by atoms with E-state index in [2.05, 4.69) is 38.3 Å². The van der Waals surface area contributed by atoms with Crippen LogP contribution in [0.3, 0.4) is 0 Å². The molecule has 2 fully saturated rings. The highest BCUT2D eigenvalue weighted by atomic mass is 79.9. The van der Waals surface area contributed by atoms with E-state index >= 15 is 0 Å². The molecule has 1 amide bonds. The number of nitrogens with one attached hydrogen (secondary N) is 1. The van der Waals surface area contributed by atoms with Gasteiger partial charge in [-0.05, 0) is 43.5 Å². The van der Waals surface area contributed by atoms with E-state index in [9.17, 15) is 4.79 Å². The first-order valence-corrected chi connectivity index (χ1v) is 8.28. The molecule has 108 valence electrons. The second-order valence-corrected chi connectivity index (χ2v) is 6.75. The molecule has 1 heterocycles. The molecule has 0 bridgehead atoms. The largest absolute Gasteiger partial charge is 0.341 e. The van der Waals surface area contributed by atoms with Crippen LogP contribution in [0.15, 0.2) is 28.7 Å². The van der Waals surface area contributed by atoms with Crippen LogP contribution in [-0.2, 0) is 10.2 Å². The molecule has 0 unspecified atom stereocenters. The number of halogens is 1. The molecule has 1 aliphatic carbocycles. The van der Waals surface area contributed by atoms with E-state index in [1.807, 2.05) is 12.1 Å². The lowest BCUT2D eigenvalue weighted by Crippen LogP contribution is -2.51. The van der Waals surface area contributed by atoms with Crippen molar-refractivity contribution in [2.45, 2.75) is 31.1 Å². The van der Waals surface area contributed by atoms with Crippen molar-refractivity contribution in [3.05, 3.63) is 34.3 Å². The summed E-state index contributed by atoms with van der Waals surface area (Å²) in [5.74, 6) is 0.342. The summed E-state index contributed by atoms with van der Waals surface area (Å²) in [6.45, 7) is 3.68. The van der Waals surface area contributed by atoms with Gasteiger partial charge in [-0.15, -0.1) is 0 Å². The highest BCUT2D eigenvalue weighted by Gasteiger charge is 2.47. The molecule has 2 aliphatic rings. The second kappa shape index (κ2) is 5.86. The quantitative estimate of drug-likeness (QED) is 0.900. The summed E-state index contributed by atoms with van der Waals surface area (Å²) in [6, 6.07) is 8.31. The molecular formula is C16H21BrN2O. The number of carbonyl (C=O) groups is 1. The van der Waals surface area contributed by atoms with Gasteiger partial charge < -0.3 is 10.2 Å². The number of benzene rings is 1. The van der Waals surface area contributed by atoms with E-state index in [1.165, 1.54) is 5.56 Å². The van der Waals surface area contributed by atoms with Gasteiger partial charge in [0.05, 0.1) is 5.41 Å². The van der Waals surface area contributed by atoms with Crippen LogP contribution in [0, 0.1) is 0 Å². The first-order chi connectivity index (χ1) is 9.72. The Balaban J connectivity index is 1.84. The molecular weight excluding hydrogens is 316 g/mol. The molecule has 1 aromatic rings. The van der Waals surface area contributed by atoms with E-state index in [0.29, 0.717) is 5.91 Å². The van der Waals surface area contributed by atoms with E-state index < -0.39 is 0 Å². The summed E-state index contributed by atoms with van der Waals surface area (Å²) >= 11 is 3.47. The summed E-state index contributed by atoms with van der Waals surface area (Å²) in [5.41, 5.74) is 0.944. The molecule has 1 aromatic carbocycles. The normalized spacial score (nSPS) is 21.9. The topological polar surface area (TPSA) is 32.3 Å². The number of amides is 1. The molecule has 0 spiro atoms. The molecule has 0 atom stereocenters. The Kier molecular flexibility index (Phi) is 4.13. The number of hydrogen-bond acceptors (Lipinski definition) is 2. The average Bonchev–Trinajstić information content (AvgIpc) is 2.68. The van der Waals surface area contributed by atoms with Gasteiger partial charge in [0.1, 0.15) is 0 Å². The SMILES string of the molecule is O=C(N1CCCNCC1)C1(c2ccc(Br)cc2)CCC1. The minimum absolute atomic E-state index is 0.245. The third-order valence-electron chi connectivity index (χ3n) is 4.64. The van der Waals surface area contributed by atoms with Crippen molar-refractivity contribution < 1.29 is 4.79 Å². The first kappa shape index (κ1) is 14.1. The molecule has 1 saturated carbocycles. The summed E-state index contributed by atoms with van der Waals surface area (Å²) in [5, 5.41) is 3.37. The van der Waals surface area contributed by atoms with Gasteiger partial charge in [-0.3, -0.25) is 4.79 Å². The smallest absolute Gasteiger partial charge is 0.233 e. The van der Waals surface area contributed by atoms with E-state index in [-0.39, 0.29) is 5.41 Å². The molecule has 3 rings (SSSR count). The molecule has 4 heteroatoms. The highest BCUT2D eigenvalue weighted by molar-refractivity contribution is 9.10. The van der Waals surface area contributed by atoms with Crippen molar-refractivity contribution >= 4 is 21.8 Å². The Morgan fingerprint density at radius 3 is 2.50 bits per heavy atom. The molecule has 1 aliphatic heterocycles. The van der Waals surface area contributed by atoms with Crippen LogP contribution < -0.4 is 5.32 Å². The number of carbonyl (C=O) groups excluding carboxylic acids is 1. The maximum absolute atomic E-state index is 13.0. The number of hydrogen-bond donors (Lipinski definition) is 1. The molecule has 1 N–H and O–H groups in total.